The van der Waals surface area contributed by atoms with Crippen LogP contribution in [0.4, 0.5) is 5.69 Å². The number of hydrogen-bond acceptors (Lipinski definition) is 11. The molecule has 2 N–H and O–H groups in total. The molecule has 2 aromatic carbocycles. The van der Waals surface area contributed by atoms with Gasteiger partial charge in [-0.3, -0.25) is 19.8 Å². The zero-order valence-electron chi connectivity index (χ0n) is 38.5. The maximum absolute atomic E-state index is 14.4. The number of hydrogen-bond donors (Lipinski definition) is 2. The number of unbranched alkanes of at least 4 members (excludes halogenated alkanes) is 10. The van der Waals surface area contributed by atoms with Crippen molar-refractivity contribution in [1.29, 1.82) is 0 Å². The van der Waals surface area contributed by atoms with Gasteiger partial charge < -0.3 is 34.2 Å². The van der Waals surface area contributed by atoms with Gasteiger partial charge in [-0.05, 0) is 85.4 Å². The minimum Gasteiger partial charge on any atom is -0.492 e. The van der Waals surface area contributed by atoms with Gasteiger partial charge in [0.15, 0.2) is 0 Å². The van der Waals surface area contributed by atoms with E-state index in [1.54, 1.807) is 18.2 Å². The molecule has 13 nitrogen and oxygen atoms in total. The molecule has 13 heteroatoms. The Morgan fingerprint density at radius 3 is 2.36 bits per heavy atom. The van der Waals surface area contributed by atoms with Crippen LogP contribution >= 0.6 is 0 Å². The summed E-state index contributed by atoms with van der Waals surface area (Å²) in [7, 11) is 1.86. The van der Waals surface area contributed by atoms with Crippen LogP contribution in [0.15, 0.2) is 71.9 Å². The number of fused-ring (bicyclic) bond motifs is 2. The lowest BCUT2D eigenvalue weighted by Crippen LogP contribution is -2.69. The first-order valence-corrected chi connectivity index (χ1v) is 24.3. The second kappa shape index (κ2) is 24.8. The molecule has 2 fully saturated rings. The summed E-state index contributed by atoms with van der Waals surface area (Å²) in [6.45, 7) is 10.4. The lowest BCUT2D eigenvalue weighted by Gasteiger charge is -2.59. The molecule has 0 aromatic heterocycles. The maximum atomic E-state index is 14.4. The van der Waals surface area contributed by atoms with Crippen LogP contribution in [0.5, 0.6) is 11.5 Å². The first-order chi connectivity index (χ1) is 31.2. The zero-order chi connectivity index (χ0) is 45.3. The van der Waals surface area contributed by atoms with Crippen molar-refractivity contribution in [3.63, 3.8) is 0 Å². The van der Waals surface area contributed by atoms with Crippen LogP contribution in [-0.2, 0) is 21.0 Å². The minimum atomic E-state index is -1.31. The van der Waals surface area contributed by atoms with E-state index in [1.165, 1.54) is 50.7 Å². The number of aliphatic hydroxyl groups is 2. The number of carbonyl (C=O) groups is 1. The molecule has 64 heavy (non-hydrogen) atoms. The molecule has 1 amide bonds. The molecule has 2 aromatic rings. The van der Waals surface area contributed by atoms with E-state index in [1.807, 2.05) is 24.1 Å². The topological polar surface area (TPSA) is 156 Å². The first-order valence-electron chi connectivity index (χ1n) is 24.3. The Hall–Kier alpha value is -4.30. The van der Waals surface area contributed by atoms with Gasteiger partial charge in [-0.25, -0.2) is 0 Å². The Kier molecular flexibility index (Phi) is 19.1. The number of nitro benzene ring substituents is 1. The Morgan fingerprint density at radius 2 is 1.69 bits per heavy atom. The van der Waals surface area contributed by atoms with E-state index in [-0.39, 0.29) is 55.8 Å². The van der Waals surface area contributed by atoms with Crippen LogP contribution in [0.3, 0.4) is 0 Å². The molecule has 0 radical (unpaired) electrons. The molecule has 352 valence electrons. The summed E-state index contributed by atoms with van der Waals surface area (Å²) < 4.78 is 20.8. The number of likely N-dealkylation sites (N-methyl/N-ethyl adjacent to an activating group) is 1. The van der Waals surface area contributed by atoms with Crippen molar-refractivity contribution >= 4 is 17.3 Å². The minimum absolute atomic E-state index is 0.00202. The van der Waals surface area contributed by atoms with Gasteiger partial charge in [0, 0.05) is 76.4 Å². The molecule has 2 heterocycles. The average Bonchev–Trinajstić information content (AvgIpc) is 4.13. The van der Waals surface area contributed by atoms with E-state index in [9.17, 15) is 25.1 Å². The third-order valence-corrected chi connectivity index (χ3v) is 13.8. The molecule has 6 rings (SSSR count). The van der Waals surface area contributed by atoms with Gasteiger partial charge in [-0.2, -0.15) is 0 Å². The number of oxime groups is 1. The molecule has 4 aliphatic rings. The number of benzene rings is 2. The highest BCUT2D eigenvalue weighted by atomic mass is 16.7. The fraction of sp³-hybridized carbons (Fsp3) is 0.647. The summed E-state index contributed by atoms with van der Waals surface area (Å²) in [4.78, 5) is 35.7. The van der Waals surface area contributed by atoms with Gasteiger partial charge in [-0.15, -0.1) is 6.58 Å². The highest BCUT2D eigenvalue weighted by Crippen LogP contribution is 2.62. The predicted molar refractivity (Wildman–Crippen MR) is 249 cm³/mol. The molecular weight excluding hydrogens is 813 g/mol. The number of aliphatic hydroxyl groups excluding tert-OH is 2. The summed E-state index contributed by atoms with van der Waals surface area (Å²) in [5.74, 6) is -0.187. The fourth-order valence-electron chi connectivity index (χ4n) is 10.2. The summed E-state index contributed by atoms with van der Waals surface area (Å²) in [5, 5.41) is 36.1. The van der Waals surface area contributed by atoms with Crippen molar-refractivity contribution in [2.45, 2.75) is 140 Å². The Balaban J connectivity index is 1.40. The number of non-ortho nitro benzene ring substituents is 1. The second-order valence-electron chi connectivity index (χ2n) is 18.2. The highest BCUT2D eigenvalue weighted by Gasteiger charge is 2.65. The van der Waals surface area contributed by atoms with Gasteiger partial charge in [0.25, 0.3) is 5.69 Å². The van der Waals surface area contributed by atoms with Crippen molar-refractivity contribution in [2.24, 2.45) is 22.9 Å². The van der Waals surface area contributed by atoms with Crippen LogP contribution in [0, 0.1) is 27.9 Å². The molecular formula is C51H74N4O9. The fourth-order valence-corrected chi connectivity index (χ4v) is 10.2. The lowest BCUT2D eigenvalue weighted by molar-refractivity contribution is -0.384. The summed E-state index contributed by atoms with van der Waals surface area (Å²) >= 11 is 0. The van der Waals surface area contributed by atoms with E-state index < -0.39 is 22.7 Å². The Bertz CT molecular complexity index is 1870. The van der Waals surface area contributed by atoms with Crippen LogP contribution in [0.1, 0.15) is 133 Å². The molecule has 0 bridgehead atoms. The van der Waals surface area contributed by atoms with Crippen LogP contribution in [0.25, 0.3) is 0 Å². The van der Waals surface area contributed by atoms with Gasteiger partial charge in [0.05, 0.1) is 23.2 Å². The van der Waals surface area contributed by atoms with Crippen LogP contribution in [0.2, 0.25) is 0 Å². The van der Waals surface area contributed by atoms with Crippen molar-refractivity contribution in [1.82, 2.24) is 9.80 Å². The summed E-state index contributed by atoms with van der Waals surface area (Å²) in [6.07, 6.45) is 19.9. The molecule has 1 saturated heterocycles. The first kappa shape index (κ1) is 49.1. The predicted octanol–water partition coefficient (Wildman–Crippen LogP) is 9.50. The molecule has 0 unspecified atom stereocenters. The number of nitro groups is 1. The van der Waals surface area contributed by atoms with E-state index in [4.69, 9.17) is 24.2 Å². The second-order valence-corrected chi connectivity index (χ2v) is 18.2. The van der Waals surface area contributed by atoms with Crippen molar-refractivity contribution < 1.29 is 39.0 Å². The standard InChI is InChI=1S/C51H74N4O9/c1-4-6-7-8-9-10-11-12-13-20-48(58)53(3)47-36-45(52-63-37-38-21-23-40(24-22-38)55(59)60)43-34-39(18-14-16-30-56)42(19-15-17-31-57)49-44-35-41(61-33-29-54-27-28-54)25-26-46(44)64-51(47,50(43)49)62-32-5-2/h5,21-26,34-35,39,42,47,49-50,56-57H,2,4,6-20,27-33,36-37H2,1,3H3/t39-,42+,47-,49+,50+,51+/m0/s1. The third kappa shape index (κ3) is 12.7. The third-order valence-electron chi connectivity index (χ3n) is 13.8. The van der Waals surface area contributed by atoms with Crippen molar-refractivity contribution in [3.8, 4) is 11.5 Å². The number of rotatable bonds is 30. The lowest BCUT2D eigenvalue weighted by atomic mass is 9.55. The highest BCUT2D eigenvalue weighted by molar-refractivity contribution is 6.03. The number of amides is 1. The monoisotopic (exact) mass is 887 g/mol. The molecule has 0 spiro atoms. The normalized spacial score (nSPS) is 24.0. The zero-order valence-corrected chi connectivity index (χ0v) is 38.5. The average molecular weight is 887 g/mol. The number of carbonyl (C=O) groups excluding carboxylic acids is 1. The summed E-state index contributed by atoms with van der Waals surface area (Å²) in [6, 6.07) is 11.8. The quantitative estimate of drug-likeness (QED) is 0.0255. The number of ether oxygens (including phenoxy) is 3. The molecule has 2 aliphatic carbocycles. The Labute approximate surface area is 381 Å². The van der Waals surface area contributed by atoms with Gasteiger partial charge in [0.2, 0.25) is 11.7 Å². The van der Waals surface area contributed by atoms with E-state index in [0.717, 1.165) is 87.0 Å². The van der Waals surface area contributed by atoms with E-state index in [0.29, 0.717) is 43.8 Å². The molecule has 1 saturated carbocycles. The number of nitrogens with zero attached hydrogens (tertiary/aromatic N) is 4. The molecule has 2 aliphatic heterocycles. The van der Waals surface area contributed by atoms with Gasteiger partial charge in [0.1, 0.15) is 30.8 Å². The number of allylic oxidation sites excluding steroid dienone is 1. The maximum Gasteiger partial charge on any atom is 0.269 e. The largest absolute Gasteiger partial charge is 0.492 e. The van der Waals surface area contributed by atoms with Gasteiger partial charge >= 0.3 is 0 Å². The SMILES string of the molecule is C=CCO[C@@]12Oc3ccc(OCCN4CC4)cc3[C@H]3[C@H](CCCCO)[C@@H](CCCCO)C=C(C(=NOCc4ccc([N+](=O)[O-])cc4)C[C@@H]1N(C)C(=O)CCCCCCCCCCC)[C@H]32. The van der Waals surface area contributed by atoms with Gasteiger partial charge in [-0.1, -0.05) is 88.4 Å². The van der Waals surface area contributed by atoms with Crippen LogP contribution in [-0.4, -0.2) is 101 Å². The van der Waals surface area contributed by atoms with Crippen molar-refractivity contribution in [2.75, 3.05) is 53.1 Å². The van der Waals surface area contributed by atoms with Crippen molar-refractivity contribution in [3.05, 3.63) is 88.0 Å². The Morgan fingerprint density at radius 1 is 0.984 bits per heavy atom. The van der Waals surface area contributed by atoms with E-state index >= 15 is 0 Å². The molecule has 6 atom stereocenters. The summed E-state index contributed by atoms with van der Waals surface area (Å²) in [5.41, 5.74) is 3.43. The smallest absolute Gasteiger partial charge is 0.269 e. The van der Waals surface area contributed by atoms with Crippen LogP contribution < -0.4 is 9.47 Å². The van der Waals surface area contributed by atoms with E-state index in [2.05, 4.69) is 30.5 Å².